The molecular formula is C15H22Cl2N2O. The molecule has 0 radical (unpaired) electrons. The zero-order valence-corrected chi connectivity index (χ0v) is 13.5. The molecule has 1 unspecified atom stereocenters. The lowest BCUT2D eigenvalue weighted by atomic mass is 9.83. The molecular weight excluding hydrogens is 295 g/mol. The van der Waals surface area contributed by atoms with Crippen molar-refractivity contribution in [3.05, 3.63) is 34.3 Å². The molecule has 1 aromatic carbocycles. The summed E-state index contributed by atoms with van der Waals surface area (Å²) in [5.41, 5.74) is 1.77. The van der Waals surface area contributed by atoms with Gasteiger partial charge in [-0.15, -0.1) is 12.4 Å². The molecule has 1 atom stereocenters. The Balaban J connectivity index is 0.00000200. The fraction of sp³-hybridized carbons (Fsp3) is 0.533. The van der Waals surface area contributed by atoms with E-state index in [1.165, 1.54) is 6.42 Å². The van der Waals surface area contributed by atoms with Crippen molar-refractivity contribution in [1.29, 1.82) is 0 Å². The second kappa shape index (κ2) is 7.30. The predicted molar refractivity (Wildman–Crippen MR) is 86.0 cm³/mol. The Morgan fingerprint density at radius 3 is 2.90 bits per heavy atom. The molecule has 1 fully saturated rings. The van der Waals surface area contributed by atoms with Crippen molar-refractivity contribution in [2.45, 2.75) is 26.7 Å². The van der Waals surface area contributed by atoms with Gasteiger partial charge in [-0.25, -0.2) is 0 Å². The summed E-state index contributed by atoms with van der Waals surface area (Å²) in [7, 11) is 0. The van der Waals surface area contributed by atoms with Crippen LogP contribution in [0.1, 0.15) is 35.7 Å². The molecule has 1 saturated heterocycles. The molecule has 0 aliphatic carbocycles. The van der Waals surface area contributed by atoms with Crippen LogP contribution in [0, 0.1) is 12.3 Å². The summed E-state index contributed by atoms with van der Waals surface area (Å²) in [4.78, 5) is 12.2. The molecule has 0 saturated carbocycles. The average molecular weight is 317 g/mol. The highest BCUT2D eigenvalue weighted by Crippen LogP contribution is 2.24. The lowest BCUT2D eigenvalue weighted by molar-refractivity contribution is 0.0924. The monoisotopic (exact) mass is 316 g/mol. The number of carbonyl (C=O) groups is 1. The van der Waals surface area contributed by atoms with Gasteiger partial charge in [-0.05, 0) is 49.4 Å². The average Bonchev–Trinajstić information content (AvgIpc) is 2.40. The molecule has 1 aliphatic rings. The highest BCUT2D eigenvalue weighted by Gasteiger charge is 2.27. The zero-order chi connectivity index (χ0) is 13.9. The van der Waals surface area contributed by atoms with Gasteiger partial charge < -0.3 is 10.6 Å². The van der Waals surface area contributed by atoms with Gasteiger partial charge in [0.15, 0.2) is 0 Å². The van der Waals surface area contributed by atoms with E-state index < -0.39 is 0 Å². The van der Waals surface area contributed by atoms with Crippen LogP contribution in [-0.2, 0) is 0 Å². The van der Waals surface area contributed by atoms with Gasteiger partial charge in [-0.3, -0.25) is 4.79 Å². The zero-order valence-electron chi connectivity index (χ0n) is 12.0. The minimum Gasteiger partial charge on any atom is -0.351 e. The van der Waals surface area contributed by atoms with E-state index in [2.05, 4.69) is 17.6 Å². The maximum atomic E-state index is 12.2. The maximum absolute atomic E-state index is 12.2. The normalized spacial score (nSPS) is 21.9. The van der Waals surface area contributed by atoms with Crippen molar-refractivity contribution in [3.8, 4) is 0 Å². The van der Waals surface area contributed by atoms with E-state index in [1.807, 2.05) is 13.0 Å². The Kier molecular flexibility index (Phi) is 6.31. The Labute approximate surface area is 131 Å². The minimum absolute atomic E-state index is 0. The highest BCUT2D eigenvalue weighted by atomic mass is 35.5. The number of aryl methyl sites for hydroxylation is 1. The lowest BCUT2D eigenvalue weighted by Gasteiger charge is -2.34. The number of rotatable bonds is 3. The Bertz CT molecular complexity index is 471. The van der Waals surface area contributed by atoms with Crippen LogP contribution in [0.5, 0.6) is 0 Å². The van der Waals surface area contributed by atoms with E-state index in [0.717, 1.165) is 25.1 Å². The largest absolute Gasteiger partial charge is 0.351 e. The summed E-state index contributed by atoms with van der Waals surface area (Å²) in [5, 5.41) is 7.02. The SMILES string of the molecule is Cc1ccc(Cl)cc1C(=O)NCC1(C)CCCNC1.Cl. The molecule has 0 bridgehead atoms. The number of nitrogens with one attached hydrogen (secondary N) is 2. The smallest absolute Gasteiger partial charge is 0.251 e. The molecule has 112 valence electrons. The van der Waals surface area contributed by atoms with E-state index in [1.54, 1.807) is 12.1 Å². The van der Waals surface area contributed by atoms with Gasteiger partial charge in [-0.2, -0.15) is 0 Å². The van der Waals surface area contributed by atoms with Crippen LogP contribution in [0.2, 0.25) is 5.02 Å². The fourth-order valence-electron chi connectivity index (χ4n) is 2.50. The van der Waals surface area contributed by atoms with Crippen molar-refractivity contribution in [2.75, 3.05) is 19.6 Å². The van der Waals surface area contributed by atoms with Crippen molar-refractivity contribution in [3.63, 3.8) is 0 Å². The summed E-state index contributed by atoms with van der Waals surface area (Å²) in [6.07, 6.45) is 2.32. The standard InChI is InChI=1S/C15H21ClN2O.ClH/c1-11-4-5-12(16)8-13(11)14(19)18-10-15(2)6-3-7-17-9-15;/h4-5,8,17H,3,6-7,9-10H2,1-2H3,(H,18,19);1H. The number of piperidine rings is 1. The van der Waals surface area contributed by atoms with E-state index >= 15 is 0 Å². The first kappa shape index (κ1) is 17.3. The van der Waals surface area contributed by atoms with Crippen molar-refractivity contribution in [1.82, 2.24) is 10.6 Å². The molecule has 1 heterocycles. The summed E-state index contributed by atoms with van der Waals surface area (Å²) in [6.45, 7) is 6.88. The topological polar surface area (TPSA) is 41.1 Å². The summed E-state index contributed by atoms with van der Waals surface area (Å²) in [5.74, 6) is -0.0354. The molecule has 5 heteroatoms. The molecule has 1 aliphatic heterocycles. The van der Waals surface area contributed by atoms with Crippen LogP contribution in [0.15, 0.2) is 18.2 Å². The third-order valence-corrected chi connectivity index (χ3v) is 4.04. The molecule has 2 N–H and O–H groups in total. The van der Waals surface area contributed by atoms with Gasteiger partial charge in [0.1, 0.15) is 0 Å². The third kappa shape index (κ3) is 4.37. The second-order valence-electron chi connectivity index (χ2n) is 5.73. The van der Waals surface area contributed by atoms with Gasteiger partial charge in [0.2, 0.25) is 0 Å². The van der Waals surface area contributed by atoms with E-state index in [0.29, 0.717) is 17.1 Å². The van der Waals surface area contributed by atoms with Crippen LogP contribution in [0.3, 0.4) is 0 Å². The van der Waals surface area contributed by atoms with Crippen LogP contribution >= 0.6 is 24.0 Å². The van der Waals surface area contributed by atoms with Gasteiger partial charge in [0, 0.05) is 23.7 Å². The molecule has 0 spiro atoms. The van der Waals surface area contributed by atoms with Crippen LogP contribution in [-0.4, -0.2) is 25.5 Å². The molecule has 1 aromatic rings. The second-order valence-corrected chi connectivity index (χ2v) is 6.17. The molecule has 1 amide bonds. The fourth-order valence-corrected chi connectivity index (χ4v) is 2.67. The van der Waals surface area contributed by atoms with Crippen LogP contribution < -0.4 is 10.6 Å². The molecule has 0 aromatic heterocycles. The number of amides is 1. The maximum Gasteiger partial charge on any atom is 0.251 e. The summed E-state index contributed by atoms with van der Waals surface area (Å²) in [6, 6.07) is 5.41. The Morgan fingerprint density at radius 1 is 1.50 bits per heavy atom. The van der Waals surface area contributed by atoms with Gasteiger partial charge in [0.05, 0.1) is 0 Å². The van der Waals surface area contributed by atoms with E-state index in [-0.39, 0.29) is 23.7 Å². The van der Waals surface area contributed by atoms with E-state index in [4.69, 9.17) is 11.6 Å². The van der Waals surface area contributed by atoms with Crippen molar-refractivity contribution in [2.24, 2.45) is 5.41 Å². The lowest BCUT2D eigenvalue weighted by Crippen LogP contribution is -2.45. The first-order valence-electron chi connectivity index (χ1n) is 6.75. The summed E-state index contributed by atoms with van der Waals surface area (Å²) >= 11 is 5.95. The van der Waals surface area contributed by atoms with Crippen LogP contribution in [0.25, 0.3) is 0 Å². The molecule has 2 rings (SSSR count). The Hall–Kier alpha value is -0.770. The van der Waals surface area contributed by atoms with Gasteiger partial charge in [-0.1, -0.05) is 24.6 Å². The summed E-state index contributed by atoms with van der Waals surface area (Å²) < 4.78 is 0. The van der Waals surface area contributed by atoms with Gasteiger partial charge >= 0.3 is 0 Å². The third-order valence-electron chi connectivity index (χ3n) is 3.81. The number of carbonyl (C=O) groups excluding carboxylic acids is 1. The highest BCUT2D eigenvalue weighted by molar-refractivity contribution is 6.31. The molecule has 3 nitrogen and oxygen atoms in total. The van der Waals surface area contributed by atoms with Crippen molar-refractivity contribution >= 4 is 29.9 Å². The number of halogens is 2. The number of benzene rings is 1. The predicted octanol–water partition coefficient (Wildman–Crippen LogP) is 3.19. The van der Waals surface area contributed by atoms with Crippen LogP contribution in [0.4, 0.5) is 0 Å². The minimum atomic E-state index is -0.0354. The number of hydrogen-bond donors (Lipinski definition) is 2. The number of hydrogen-bond acceptors (Lipinski definition) is 2. The quantitative estimate of drug-likeness (QED) is 0.899. The van der Waals surface area contributed by atoms with Gasteiger partial charge in [0.25, 0.3) is 5.91 Å². The first-order valence-corrected chi connectivity index (χ1v) is 7.13. The molecule has 20 heavy (non-hydrogen) atoms. The van der Waals surface area contributed by atoms with Crippen molar-refractivity contribution < 1.29 is 4.79 Å². The van der Waals surface area contributed by atoms with E-state index in [9.17, 15) is 4.79 Å². The first-order chi connectivity index (χ1) is 9.00. The Morgan fingerprint density at radius 2 is 2.25 bits per heavy atom.